The van der Waals surface area contributed by atoms with Gasteiger partial charge in [0, 0.05) is 49.7 Å². The number of hydrogen-bond acceptors (Lipinski definition) is 5. The van der Waals surface area contributed by atoms with Crippen LogP contribution in [0.5, 0.6) is 0 Å². The molecule has 1 aromatic carbocycles. The number of non-ortho nitro benzene ring substituents is 1. The van der Waals surface area contributed by atoms with Gasteiger partial charge in [-0.15, -0.1) is 0 Å². The first-order chi connectivity index (χ1) is 10.1. The molecule has 6 heteroatoms. The predicted octanol–water partition coefficient (Wildman–Crippen LogP) is 2.63. The zero-order chi connectivity index (χ0) is 15.2. The van der Waals surface area contributed by atoms with Crippen molar-refractivity contribution < 1.29 is 10.0 Å². The van der Waals surface area contributed by atoms with Crippen molar-refractivity contribution in [1.82, 2.24) is 0 Å². The van der Waals surface area contributed by atoms with Crippen molar-refractivity contribution >= 4 is 17.1 Å². The molecule has 21 heavy (non-hydrogen) atoms. The van der Waals surface area contributed by atoms with Crippen molar-refractivity contribution in [2.75, 3.05) is 36.5 Å². The Morgan fingerprint density at radius 2 is 2.29 bits per heavy atom. The first-order valence-electron chi connectivity index (χ1n) is 7.53. The molecule has 1 aromatic rings. The molecule has 116 valence electrons. The number of rotatable bonds is 6. The maximum absolute atomic E-state index is 11.1. The van der Waals surface area contributed by atoms with E-state index in [4.69, 9.17) is 5.11 Å². The fraction of sp³-hybridized carbons (Fsp3) is 0.600. The van der Waals surface area contributed by atoms with Crippen LogP contribution >= 0.6 is 0 Å². The van der Waals surface area contributed by atoms with E-state index in [1.165, 1.54) is 0 Å². The third kappa shape index (κ3) is 4.07. The average Bonchev–Trinajstić information content (AvgIpc) is 2.48. The Morgan fingerprint density at radius 3 is 2.95 bits per heavy atom. The highest BCUT2D eigenvalue weighted by atomic mass is 16.6. The van der Waals surface area contributed by atoms with Crippen molar-refractivity contribution in [1.29, 1.82) is 0 Å². The Labute approximate surface area is 124 Å². The summed E-state index contributed by atoms with van der Waals surface area (Å²) in [4.78, 5) is 12.9. The van der Waals surface area contributed by atoms with Crippen LogP contribution in [0.25, 0.3) is 0 Å². The van der Waals surface area contributed by atoms with Crippen LogP contribution in [0, 0.1) is 16.0 Å². The second-order valence-electron chi connectivity index (χ2n) is 5.49. The number of nitrogens with one attached hydrogen (secondary N) is 1. The van der Waals surface area contributed by atoms with Gasteiger partial charge in [0.15, 0.2) is 0 Å². The van der Waals surface area contributed by atoms with Crippen LogP contribution in [-0.2, 0) is 0 Å². The number of nitrogens with zero attached hydrogens (tertiary/aromatic N) is 2. The minimum Gasteiger partial charge on any atom is -0.396 e. The standard InChI is InChI=1S/C15H23N3O3/c1-2-16-13-8-14(10-15(9-13)18(20)21)17-6-3-4-12(11-17)5-7-19/h8-10,12,16,19H,2-7,11H2,1H3. The van der Waals surface area contributed by atoms with E-state index >= 15 is 0 Å². The van der Waals surface area contributed by atoms with Crippen molar-refractivity contribution in [3.05, 3.63) is 28.3 Å². The lowest BCUT2D eigenvalue weighted by Crippen LogP contribution is -2.35. The fourth-order valence-electron chi connectivity index (χ4n) is 2.91. The summed E-state index contributed by atoms with van der Waals surface area (Å²) in [5.41, 5.74) is 1.79. The molecule has 1 fully saturated rings. The lowest BCUT2D eigenvalue weighted by atomic mass is 9.94. The van der Waals surface area contributed by atoms with Gasteiger partial charge in [0.1, 0.15) is 0 Å². The summed E-state index contributed by atoms with van der Waals surface area (Å²) in [6.07, 6.45) is 2.97. The lowest BCUT2D eigenvalue weighted by molar-refractivity contribution is -0.384. The van der Waals surface area contributed by atoms with E-state index in [1.54, 1.807) is 12.1 Å². The summed E-state index contributed by atoms with van der Waals surface area (Å²) in [7, 11) is 0. The van der Waals surface area contributed by atoms with E-state index in [-0.39, 0.29) is 17.2 Å². The Bertz CT molecular complexity index is 491. The molecule has 0 saturated carbocycles. The van der Waals surface area contributed by atoms with Gasteiger partial charge in [-0.2, -0.15) is 0 Å². The molecule has 0 aliphatic carbocycles. The molecule has 0 aromatic heterocycles. The topological polar surface area (TPSA) is 78.6 Å². The minimum atomic E-state index is -0.348. The molecule has 1 heterocycles. The summed E-state index contributed by atoms with van der Waals surface area (Å²) in [6, 6.07) is 5.18. The highest BCUT2D eigenvalue weighted by Gasteiger charge is 2.21. The number of aliphatic hydroxyl groups excluding tert-OH is 1. The first kappa shape index (κ1) is 15.6. The van der Waals surface area contributed by atoms with Crippen LogP contribution in [0.3, 0.4) is 0 Å². The normalized spacial score (nSPS) is 18.6. The third-order valence-corrected chi connectivity index (χ3v) is 3.92. The van der Waals surface area contributed by atoms with Crippen molar-refractivity contribution in [3.8, 4) is 0 Å². The molecule has 2 N–H and O–H groups in total. The average molecular weight is 293 g/mol. The fourth-order valence-corrected chi connectivity index (χ4v) is 2.91. The van der Waals surface area contributed by atoms with Crippen LogP contribution in [0.2, 0.25) is 0 Å². The van der Waals surface area contributed by atoms with E-state index < -0.39 is 0 Å². The predicted molar refractivity (Wildman–Crippen MR) is 83.9 cm³/mol. The van der Waals surface area contributed by atoms with Crippen LogP contribution in [-0.4, -0.2) is 36.3 Å². The molecule has 0 spiro atoms. The van der Waals surface area contributed by atoms with Crippen LogP contribution in [0.4, 0.5) is 17.1 Å². The number of benzene rings is 1. The van der Waals surface area contributed by atoms with Gasteiger partial charge in [0.2, 0.25) is 0 Å². The molecule has 0 amide bonds. The van der Waals surface area contributed by atoms with Crippen molar-refractivity contribution in [3.63, 3.8) is 0 Å². The number of anilines is 2. The molecule has 1 atom stereocenters. The molecule has 1 unspecified atom stereocenters. The van der Waals surface area contributed by atoms with Gasteiger partial charge in [-0.3, -0.25) is 10.1 Å². The largest absolute Gasteiger partial charge is 0.396 e. The van der Waals surface area contributed by atoms with Crippen molar-refractivity contribution in [2.45, 2.75) is 26.2 Å². The molecular weight excluding hydrogens is 270 g/mol. The number of hydrogen-bond donors (Lipinski definition) is 2. The molecule has 1 saturated heterocycles. The smallest absolute Gasteiger partial charge is 0.273 e. The SMILES string of the molecule is CCNc1cc(N2CCCC(CCO)C2)cc([N+](=O)[O-])c1. The number of aliphatic hydroxyl groups is 1. The quantitative estimate of drug-likeness (QED) is 0.622. The highest BCUT2D eigenvalue weighted by Crippen LogP contribution is 2.30. The number of nitro benzene ring substituents is 1. The highest BCUT2D eigenvalue weighted by molar-refractivity contribution is 5.64. The maximum atomic E-state index is 11.1. The van der Waals surface area contributed by atoms with Crippen LogP contribution in [0.15, 0.2) is 18.2 Å². The van der Waals surface area contributed by atoms with E-state index in [0.717, 1.165) is 50.3 Å². The Hall–Kier alpha value is -1.82. The van der Waals surface area contributed by atoms with Gasteiger partial charge < -0.3 is 15.3 Å². The minimum absolute atomic E-state index is 0.118. The van der Waals surface area contributed by atoms with Gasteiger partial charge in [0.25, 0.3) is 5.69 Å². The van der Waals surface area contributed by atoms with E-state index in [9.17, 15) is 10.1 Å². The summed E-state index contributed by atoms with van der Waals surface area (Å²) in [5, 5.41) is 23.3. The Kier molecular flexibility index (Phi) is 5.38. The summed E-state index contributed by atoms with van der Waals surface area (Å²) >= 11 is 0. The van der Waals surface area contributed by atoms with Crippen LogP contribution in [0.1, 0.15) is 26.2 Å². The first-order valence-corrected chi connectivity index (χ1v) is 7.53. The second-order valence-corrected chi connectivity index (χ2v) is 5.49. The molecule has 6 nitrogen and oxygen atoms in total. The van der Waals surface area contributed by atoms with E-state index in [0.29, 0.717) is 5.92 Å². The summed E-state index contributed by atoms with van der Waals surface area (Å²) in [5.74, 6) is 0.464. The molecule has 0 radical (unpaired) electrons. The zero-order valence-corrected chi connectivity index (χ0v) is 12.4. The Morgan fingerprint density at radius 1 is 1.48 bits per heavy atom. The van der Waals surface area contributed by atoms with Gasteiger partial charge in [-0.05, 0) is 38.2 Å². The van der Waals surface area contributed by atoms with E-state index in [2.05, 4.69) is 10.2 Å². The molecule has 0 bridgehead atoms. The van der Waals surface area contributed by atoms with Gasteiger partial charge >= 0.3 is 0 Å². The van der Waals surface area contributed by atoms with E-state index in [1.807, 2.05) is 13.0 Å². The lowest BCUT2D eigenvalue weighted by Gasteiger charge is -2.34. The van der Waals surface area contributed by atoms with Crippen molar-refractivity contribution in [2.24, 2.45) is 5.92 Å². The number of nitro groups is 1. The molecule has 1 aliphatic rings. The molecular formula is C15H23N3O3. The molecule has 2 rings (SSSR count). The monoisotopic (exact) mass is 293 g/mol. The zero-order valence-electron chi connectivity index (χ0n) is 12.4. The maximum Gasteiger partial charge on any atom is 0.273 e. The Balaban J connectivity index is 2.22. The molecule has 1 aliphatic heterocycles. The second kappa shape index (κ2) is 7.26. The third-order valence-electron chi connectivity index (χ3n) is 3.92. The summed E-state index contributed by atoms with van der Waals surface area (Å²) in [6.45, 7) is 4.67. The van der Waals surface area contributed by atoms with Gasteiger partial charge in [-0.25, -0.2) is 0 Å². The summed E-state index contributed by atoms with van der Waals surface area (Å²) < 4.78 is 0. The van der Waals surface area contributed by atoms with Gasteiger partial charge in [0.05, 0.1) is 4.92 Å². The van der Waals surface area contributed by atoms with Gasteiger partial charge in [-0.1, -0.05) is 0 Å². The number of piperidine rings is 1. The van der Waals surface area contributed by atoms with Crippen LogP contribution < -0.4 is 10.2 Å².